The normalized spacial score (nSPS) is 18.3. The Balaban J connectivity index is 2.03. The molecule has 0 aliphatic carbocycles. The van der Waals surface area contributed by atoms with E-state index in [9.17, 15) is 19.2 Å². The molecule has 1 saturated heterocycles. The van der Waals surface area contributed by atoms with Gasteiger partial charge in [-0.2, -0.15) is 0 Å². The summed E-state index contributed by atoms with van der Waals surface area (Å²) in [6.07, 6.45) is 0.429. The molecule has 1 aromatic carbocycles. The van der Waals surface area contributed by atoms with Crippen molar-refractivity contribution in [2.24, 2.45) is 0 Å². The van der Waals surface area contributed by atoms with Gasteiger partial charge in [0.25, 0.3) is 5.91 Å². The van der Waals surface area contributed by atoms with Crippen molar-refractivity contribution in [3.63, 3.8) is 0 Å². The van der Waals surface area contributed by atoms with Crippen molar-refractivity contribution in [3.05, 3.63) is 35.4 Å². The molecule has 2 rings (SSSR count). The van der Waals surface area contributed by atoms with Crippen LogP contribution in [-0.2, 0) is 9.59 Å². The highest BCUT2D eigenvalue weighted by molar-refractivity contribution is 6.04. The molecule has 7 heteroatoms. The van der Waals surface area contributed by atoms with Gasteiger partial charge >= 0.3 is 5.97 Å². The predicted molar refractivity (Wildman–Crippen MR) is 67.0 cm³/mol. The van der Waals surface area contributed by atoms with Gasteiger partial charge in [-0.05, 0) is 30.7 Å². The minimum atomic E-state index is -1.08. The quantitative estimate of drug-likeness (QED) is 0.668. The van der Waals surface area contributed by atoms with E-state index in [1.165, 1.54) is 24.3 Å². The Kier molecular flexibility index (Phi) is 3.79. The van der Waals surface area contributed by atoms with Crippen molar-refractivity contribution >= 4 is 23.7 Å². The third-order valence-electron chi connectivity index (χ3n) is 2.94. The summed E-state index contributed by atoms with van der Waals surface area (Å²) in [6, 6.07) is 4.60. The van der Waals surface area contributed by atoms with Crippen molar-refractivity contribution in [1.29, 1.82) is 0 Å². The topological polar surface area (TPSA) is 113 Å². The molecule has 1 unspecified atom stereocenters. The highest BCUT2D eigenvalue weighted by Gasteiger charge is 2.27. The third-order valence-corrected chi connectivity index (χ3v) is 2.94. The van der Waals surface area contributed by atoms with Gasteiger partial charge < -0.3 is 10.4 Å². The maximum atomic E-state index is 11.9. The Bertz CT molecular complexity index is 579. The van der Waals surface area contributed by atoms with E-state index in [-0.39, 0.29) is 29.9 Å². The summed E-state index contributed by atoms with van der Waals surface area (Å²) in [4.78, 5) is 45.1. The summed E-state index contributed by atoms with van der Waals surface area (Å²) in [5.74, 6) is -2.46. The molecule has 0 saturated carbocycles. The molecule has 3 amide bonds. The van der Waals surface area contributed by atoms with Crippen LogP contribution in [0.15, 0.2) is 24.3 Å². The zero-order valence-corrected chi connectivity index (χ0v) is 10.4. The molecular formula is C13H12N2O5. The first kappa shape index (κ1) is 13.7. The Morgan fingerprint density at radius 2 is 1.75 bits per heavy atom. The molecular weight excluding hydrogens is 264 g/mol. The summed E-state index contributed by atoms with van der Waals surface area (Å²) >= 11 is 0. The van der Waals surface area contributed by atoms with Crippen molar-refractivity contribution in [2.45, 2.75) is 18.9 Å². The minimum Gasteiger partial charge on any atom is -0.478 e. The molecule has 20 heavy (non-hydrogen) atoms. The lowest BCUT2D eigenvalue weighted by Crippen LogP contribution is -2.52. The highest BCUT2D eigenvalue weighted by Crippen LogP contribution is 2.08. The molecule has 1 fully saturated rings. The second-order valence-corrected chi connectivity index (χ2v) is 4.36. The molecule has 1 aliphatic heterocycles. The van der Waals surface area contributed by atoms with Crippen LogP contribution in [0, 0.1) is 0 Å². The molecule has 1 atom stereocenters. The molecule has 104 valence electrons. The number of rotatable bonds is 3. The number of nitrogens with one attached hydrogen (secondary N) is 2. The predicted octanol–water partition coefficient (Wildman–Crippen LogP) is -0.0802. The maximum Gasteiger partial charge on any atom is 0.335 e. The van der Waals surface area contributed by atoms with Crippen molar-refractivity contribution in [3.8, 4) is 0 Å². The number of piperidine rings is 1. The molecule has 7 nitrogen and oxygen atoms in total. The zero-order chi connectivity index (χ0) is 14.7. The van der Waals surface area contributed by atoms with Gasteiger partial charge in [-0.1, -0.05) is 0 Å². The minimum absolute atomic E-state index is 0.0718. The van der Waals surface area contributed by atoms with E-state index in [1.807, 2.05) is 0 Å². The molecule has 1 heterocycles. The second kappa shape index (κ2) is 5.52. The lowest BCUT2D eigenvalue weighted by molar-refractivity contribution is -0.134. The van der Waals surface area contributed by atoms with E-state index in [4.69, 9.17) is 5.11 Å². The largest absolute Gasteiger partial charge is 0.478 e. The van der Waals surface area contributed by atoms with Crippen LogP contribution in [0.3, 0.4) is 0 Å². The van der Waals surface area contributed by atoms with Crippen LogP contribution in [0.5, 0.6) is 0 Å². The van der Waals surface area contributed by atoms with Gasteiger partial charge in [0, 0.05) is 12.0 Å². The van der Waals surface area contributed by atoms with Gasteiger partial charge in [-0.3, -0.25) is 19.7 Å². The monoisotopic (exact) mass is 276 g/mol. The molecule has 0 aromatic heterocycles. The van der Waals surface area contributed by atoms with Crippen molar-refractivity contribution in [2.75, 3.05) is 0 Å². The van der Waals surface area contributed by atoms with Gasteiger partial charge in [0.1, 0.15) is 6.04 Å². The van der Waals surface area contributed by atoms with Crippen LogP contribution < -0.4 is 10.6 Å². The molecule has 1 aliphatic rings. The summed E-state index contributed by atoms with van der Waals surface area (Å²) in [7, 11) is 0. The van der Waals surface area contributed by atoms with Gasteiger partial charge in [0.05, 0.1) is 5.56 Å². The van der Waals surface area contributed by atoms with Crippen LogP contribution in [0.2, 0.25) is 0 Å². The smallest absolute Gasteiger partial charge is 0.335 e. The molecule has 3 N–H and O–H groups in total. The number of hydrogen-bond donors (Lipinski definition) is 3. The van der Waals surface area contributed by atoms with Crippen LogP contribution in [0.4, 0.5) is 0 Å². The summed E-state index contributed by atoms with van der Waals surface area (Å²) < 4.78 is 0. The summed E-state index contributed by atoms with van der Waals surface area (Å²) in [5.41, 5.74) is 0.322. The molecule has 0 radical (unpaired) electrons. The van der Waals surface area contributed by atoms with Gasteiger partial charge in [0.15, 0.2) is 0 Å². The van der Waals surface area contributed by atoms with Gasteiger partial charge in [0.2, 0.25) is 11.8 Å². The molecule has 0 bridgehead atoms. The number of aromatic carboxylic acids is 1. The third kappa shape index (κ3) is 3.00. The Morgan fingerprint density at radius 3 is 2.30 bits per heavy atom. The number of imide groups is 1. The summed E-state index contributed by atoms with van der Waals surface area (Å²) in [6.45, 7) is 0. The molecule has 1 aromatic rings. The number of hydrogen-bond acceptors (Lipinski definition) is 4. The van der Waals surface area contributed by atoms with Crippen molar-refractivity contribution in [1.82, 2.24) is 10.6 Å². The highest BCUT2D eigenvalue weighted by atomic mass is 16.4. The van der Waals surface area contributed by atoms with E-state index in [0.29, 0.717) is 0 Å². The Morgan fingerprint density at radius 1 is 1.15 bits per heavy atom. The number of carbonyl (C=O) groups excluding carboxylic acids is 3. The Labute approximate surface area is 114 Å². The standard InChI is InChI=1S/C13H12N2O5/c16-10-6-5-9(12(18)15-10)14-11(17)7-1-3-8(4-2-7)13(19)20/h1-4,9H,5-6H2,(H,14,17)(H,19,20)(H,15,16,18). The van der Waals surface area contributed by atoms with Crippen LogP contribution in [-0.4, -0.2) is 34.8 Å². The van der Waals surface area contributed by atoms with E-state index in [2.05, 4.69) is 10.6 Å². The fraction of sp³-hybridized carbons (Fsp3) is 0.231. The van der Waals surface area contributed by atoms with E-state index >= 15 is 0 Å². The maximum absolute atomic E-state index is 11.9. The first-order valence-corrected chi connectivity index (χ1v) is 5.95. The fourth-order valence-electron chi connectivity index (χ4n) is 1.84. The SMILES string of the molecule is O=C1CCC(NC(=O)c2ccc(C(=O)O)cc2)C(=O)N1. The number of carboxylic acids is 1. The lowest BCUT2D eigenvalue weighted by Gasteiger charge is -2.21. The van der Waals surface area contributed by atoms with E-state index in [1.54, 1.807) is 0 Å². The van der Waals surface area contributed by atoms with Crippen LogP contribution >= 0.6 is 0 Å². The first-order chi connectivity index (χ1) is 9.47. The fourth-order valence-corrected chi connectivity index (χ4v) is 1.84. The number of benzene rings is 1. The van der Waals surface area contributed by atoms with Gasteiger partial charge in [-0.15, -0.1) is 0 Å². The zero-order valence-electron chi connectivity index (χ0n) is 10.4. The van der Waals surface area contributed by atoms with Crippen LogP contribution in [0.1, 0.15) is 33.6 Å². The first-order valence-electron chi connectivity index (χ1n) is 5.95. The van der Waals surface area contributed by atoms with Gasteiger partial charge in [-0.25, -0.2) is 4.79 Å². The average molecular weight is 276 g/mol. The number of carboxylic acid groups (broad SMARTS) is 1. The van der Waals surface area contributed by atoms with E-state index in [0.717, 1.165) is 0 Å². The van der Waals surface area contributed by atoms with E-state index < -0.39 is 23.8 Å². The Hall–Kier alpha value is -2.70. The average Bonchev–Trinajstić information content (AvgIpc) is 2.42. The number of amides is 3. The van der Waals surface area contributed by atoms with Crippen LogP contribution in [0.25, 0.3) is 0 Å². The van der Waals surface area contributed by atoms with Crippen molar-refractivity contribution < 1.29 is 24.3 Å². The second-order valence-electron chi connectivity index (χ2n) is 4.36. The summed E-state index contributed by atoms with van der Waals surface area (Å²) in [5, 5.41) is 13.4. The molecule has 0 spiro atoms. The number of carbonyl (C=O) groups is 4. The lowest BCUT2D eigenvalue weighted by atomic mass is 10.1.